The van der Waals surface area contributed by atoms with Crippen LogP contribution in [0.15, 0.2) is 24.3 Å². The van der Waals surface area contributed by atoms with Crippen molar-refractivity contribution in [3.05, 3.63) is 29.8 Å². The van der Waals surface area contributed by atoms with Crippen LogP contribution in [0.4, 0.5) is 5.69 Å². The number of hydrogen-bond acceptors (Lipinski definition) is 3. The number of carbonyl (C=O) groups excluding carboxylic acids is 1. The highest BCUT2D eigenvalue weighted by Gasteiger charge is 2.50. The molecule has 1 amide bonds. The summed E-state index contributed by atoms with van der Waals surface area (Å²) in [6.07, 6.45) is 1.68. The van der Waals surface area contributed by atoms with Crippen LogP contribution in [0.2, 0.25) is 0 Å². The molecule has 1 aliphatic carbocycles. The predicted molar refractivity (Wildman–Crippen MR) is 80.8 cm³/mol. The number of nitrogen functional groups attached to an aromatic ring is 1. The maximum atomic E-state index is 12.6. The smallest absolute Gasteiger partial charge is 0.329 e. The summed E-state index contributed by atoms with van der Waals surface area (Å²) >= 11 is 0. The van der Waals surface area contributed by atoms with Crippen molar-refractivity contribution in [3.8, 4) is 0 Å². The van der Waals surface area contributed by atoms with Crippen LogP contribution in [0.1, 0.15) is 39.2 Å². The molecule has 0 bridgehead atoms. The van der Waals surface area contributed by atoms with Crippen molar-refractivity contribution >= 4 is 17.6 Å². The minimum absolute atomic E-state index is 0.0150. The second kappa shape index (κ2) is 5.06. The first-order valence-corrected chi connectivity index (χ1v) is 7.10. The van der Waals surface area contributed by atoms with Gasteiger partial charge in [-0.3, -0.25) is 4.79 Å². The largest absolute Gasteiger partial charge is 0.480 e. The van der Waals surface area contributed by atoms with Gasteiger partial charge in [0, 0.05) is 5.69 Å². The topological polar surface area (TPSA) is 92.4 Å². The lowest BCUT2D eigenvalue weighted by atomic mass is 9.82. The van der Waals surface area contributed by atoms with Crippen molar-refractivity contribution in [2.45, 2.75) is 44.6 Å². The van der Waals surface area contributed by atoms with Gasteiger partial charge < -0.3 is 16.2 Å². The number of carboxylic acids is 1. The summed E-state index contributed by atoms with van der Waals surface area (Å²) in [6, 6.07) is 7.07. The van der Waals surface area contributed by atoms with E-state index in [2.05, 4.69) is 5.32 Å². The molecule has 5 heteroatoms. The zero-order chi connectivity index (χ0) is 15.8. The van der Waals surface area contributed by atoms with Crippen LogP contribution in [-0.4, -0.2) is 22.5 Å². The minimum Gasteiger partial charge on any atom is -0.480 e. The quantitative estimate of drug-likeness (QED) is 0.722. The summed E-state index contributed by atoms with van der Waals surface area (Å²) < 4.78 is 0. The Hall–Kier alpha value is -2.04. The molecule has 1 unspecified atom stereocenters. The molecule has 1 fully saturated rings. The normalized spacial score (nSPS) is 17.9. The third kappa shape index (κ3) is 2.86. The van der Waals surface area contributed by atoms with Gasteiger partial charge in [-0.05, 0) is 57.2 Å². The molecule has 1 aliphatic rings. The van der Waals surface area contributed by atoms with Crippen molar-refractivity contribution in [2.75, 3.05) is 5.73 Å². The van der Waals surface area contributed by atoms with E-state index in [1.807, 2.05) is 0 Å². The van der Waals surface area contributed by atoms with Gasteiger partial charge in [-0.2, -0.15) is 0 Å². The molecule has 4 N–H and O–H groups in total. The number of nitrogens with one attached hydrogen (secondary N) is 1. The predicted octanol–water partition coefficient (Wildman–Crippen LogP) is 1.92. The van der Waals surface area contributed by atoms with Gasteiger partial charge in [0.25, 0.3) is 0 Å². The van der Waals surface area contributed by atoms with Gasteiger partial charge in [-0.15, -0.1) is 0 Å². The molecule has 1 saturated carbocycles. The van der Waals surface area contributed by atoms with E-state index in [1.165, 1.54) is 0 Å². The van der Waals surface area contributed by atoms with Gasteiger partial charge in [0.2, 0.25) is 5.91 Å². The number of nitrogens with two attached hydrogens (primary N) is 1. The molecule has 2 rings (SSSR count). The van der Waals surface area contributed by atoms with Crippen LogP contribution in [-0.2, 0) is 15.0 Å². The third-order valence-electron chi connectivity index (χ3n) is 4.41. The lowest BCUT2D eigenvalue weighted by Crippen LogP contribution is -2.57. The van der Waals surface area contributed by atoms with Crippen molar-refractivity contribution in [2.24, 2.45) is 5.92 Å². The number of rotatable bonds is 5. The Morgan fingerprint density at radius 1 is 1.19 bits per heavy atom. The molecule has 0 radical (unpaired) electrons. The summed E-state index contributed by atoms with van der Waals surface area (Å²) in [7, 11) is 0. The highest BCUT2D eigenvalue weighted by atomic mass is 16.4. The summed E-state index contributed by atoms with van der Waals surface area (Å²) in [5, 5.41) is 12.2. The van der Waals surface area contributed by atoms with E-state index in [0.29, 0.717) is 5.69 Å². The molecule has 1 aromatic rings. The summed E-state index contributed by atoms with van der Waals surface area (Å²) in [4.78, 5) is 24.1. The molecule has 0 aromatic heterocycles. The molecule has 0 spiro atoms. The fourth-order valence-corrected chi connectivity index (χ4v) is 2.41. The van der Waals surface area contributed by atoms with E-state index in [9.17, 15) is 14.7 Å². The Labute approximate surface area is 124 Å². The highest BCUT2D eigenvalue weighted by Crippen LogP contribution is 2.40. The average molecular weight is 290 g/mol. The summed E-state index contributed by atoms with van der Waals surface area (Å²) in [6.45, 7) is 5.15. The second-order valence-electron chi connectivity index (χ2n) is 6.48. The molecular formula is C16H22N2O3. The van der Waals surface area contributed by atoms with Gasteiger partial charge in [0.1, 0.15) is 5.54 Å². The number of anilines is 1. The van der Waals surface area contributed by atoms with E-state index >= 15 is 0 Å². The van der Waals surface area contributed by atoms with Gasteiger partial charge >= 0.3 is 5.97 Å². The van der Waals surface area contributed by atoms with Crippen molar-refractivity contribution in [1.82, 2.24) is 5.32 Å². The first-order valence-electron chi connectivity index (χ1n) is 7.10. The van der Waals surface area contributed by atoms with E-state index in [0.717, 1.165) is 18.4 Å². The van der Waals surface area contributed by atoms with E-state index < -0.39 is 16.9 Å². The standard InChI is InChI=1S/C16H22N2O3/c1-15(2,10-6-8-12(17)9-7-10)13(19)18-16(3,14(20)21)11-4-5-11/h6-9,11H,4-5,17H2,1-3H3,(H,18,19)(H,20,21). The average Bonchev–Trinajstić information content (AvgIpc) is 3.23. The molecule has 0 heterocycles. The third-order valence-corrected chi connectivity index (χ3v) is 4.41. The minimum atomic E-state index is -1.19. The lowest BCUT2D eigenvalue weighted by molar-refractivity contribution is -0.148. The van der Waals surface area contributed by atoms with E-state index in [1.54, 1.807) is 45.0 Å². The SMILES string of the molecule is CC(C)(C(=O)NC(C)(C(=O)O)C1CC1)c1ccc(N)cc1. The van der Waals surface area contributed by atoms with Crippen LogP contribution >= 0.6 is 0 Å². The molecule has 0 saturated heterocycles. The number of carboxylic acid groups (broad SMARTS) is 1. The van der Waals surface area contributed by atoms with Crippen molar-refractivity contribution in [1.29, 1.82) is 0 Å². The van der Waals surface area contributed by atoms with Crippen LogP contribution in [0.5, 0.6) is 0 Å². The maximum Gasteiger partial charge on any atom is 0.329 e. The first kappa shape index (κ1) is 15.4. The van der Waals surface area contributed by atoms with Crippen LogP contribution in [0.3, 0.4) is 0 Å². The molecule has 1 atom stereocenters. The monoisotopic (exact) mass is 290 g/mol. The fraction of sp³-hybridized carbons (Fsp3) is 0.500. The molecule has 114 valence electrons. The van der Waals surface area contributed by atoms with Gasteiger partial charge in [0.05, 0.1) is 5.41 Å². The number of carbonyl (C=O) groups is 2. The number of hydrogen-bond donors (Lipinski definition) is 3. The maximum absolute atomic E-state index is 12.6. The van der Waals surface area contributed by atoms with Crippen molar-refractivity contribution < 1.29 is 14.7 Å². The Kier molecular flexibility index (Phi) is 3.70. The summed E-state index contributed by atoms with van der Waals surface area (Å²) in [5.74, 6) is -1.25. The van der Waals surface area contributed by atoms with E-state index in [-0.39, 0.29) is 11.8 Å². The van der Waals surface area contributed by atoms with Crippen LogP contribution in [0, 0.1) is 5.92 Å². The zero-order valence-electron chi connectivity index (χ0n) is 12.6. The lowest BCUT2D eigenvalue weighted by Gasteiger charge is -2.32. The van der Waals surface area contributed by atoms with Gasteiger partial charge in [0.15, 0.2) is 0 Å². The molecular weight excluding hydrogens is 268 g/mol. The molecule has 21 heavy (non-hydrogen) atoms. The van der Waals surface area contributed by atoms with E-state index in [4.69, 9.17) is 5.73 Å². The Bertz CT molecular complexity index is 561. The summed E-state index contributed by atoms with van der Waals surface area (Å²) in [5.41, 5.74) is 5.08. The van der Waals surface area contributed by atoms with Gasteiger partial charge in [-0.25, -0.2) is 4.79 Å². The Morgan fingerprint density at radius 3 is 2.14 bits per heavy atom. The first-order chi connectivity index (χ1) is 9.68. The fourth-order valence-electron chi connectivity index (χ4n) is 2.41. The molecule has 1 aromatic carbocycles. The van der Waals surface area contributed by atoms with Crippen LogP contribution < -0.4 is 11.1 Å². The van der Waals surface area contributed by atoms with Crippen LogP contribution in [0.25, 0.3) is 0 Å². The zero-order valence-corrected chi connectivity index (χ0v) is 12.6. The highest BCUT2D eigenvalue weighted by molar-refractivity contribution is 5.93. The van der Waals surface area contributed by atoms with Gasteiger partial charge in [-0.1, -0.05) is 12.1 Å². The molecule has 0 aliphatic heterocycles. The van der Waals surface area contributed by atoms with Crippen molar-refractivity contribution in [3.63, 3.8) is 0 Å². The Balaban J connectivity index is 2.21. The number of benzene rings is 1. The number of amides is 1. The number of aliphatic carboxylic acids is 1. The second-order valence-corrected chi connectivity index (χ2v) is 6.48. The molecule has 5 nitrogen and oxygen atoms in total. The Morgan fingerprint density at radius 2 is 1.71 bits per heavy atom.